The van der Waals surface area contributed by atoms with Gasteiger partial charge in [0.05, 0.1) is 0 Å². The van der Waals surface area contributed by atoms with Gasteiger partial charge < -0.3 is 0 Å². The first kappa shape index (κ1) is 8.40. The van der Waals surface area contributed by atoms with Crippen LogP contribution in [0, 0.1) is 11.8 Å². The highest BCUT2D eigenvalue weighted by Crippen LogP contribution is 2.15. The van der Waals surface area contributed by atoms with Crippen molar-refractivity contribution in [3.63, 3.8) is 0 Å². The standard InChI is InChI=1S/C11H16/c1-2-3-5-8-11-9-6-4-7-10-11/h9H,2-4,6-7,10H2,1H3. The van der Waals surface area contributed by atoms with Gasteiger partial charge in [-0.3, -0.25) is 0 Å². The van der Waals surface area contributed by atoms with Crippen molar-refractivity contribution in [2.45, 2.75) is 45.4 Å². The van der Waals surface area contributed by atoms with Crippen LogP contribution in [-0.2, 0) is 0 Å². The van der Waals surface area contributed by atoms with E-state index in [4.69, 9.17) is 0 Å². The van der Waals surface area contributed by atoms with E-state index in [1.54, 1.807) is 0 Å². The predicted octanol–water partition coefficient (Wildman–Crippen LogP) is 3.29. The van der Waals surface area contributed by atoms with E-state index in [1.807, 2.05) is 0 Å². The van der Waals surface area contributed by atoms with Crippen molar-refractivity contribution in [1.29, 1.82) is 0 Å². The summed E-state index contributed by atoms with van der Waals surface area (Å²) in [6, 6.07) is 0. The Kier molecular flexibility index (Phi) is 3.83. The van der Waals surface area contributed by atoms with Gasteiger partial charge >= 0.3 is 0 Å². The fourth-order valence-electron chi connectivity index (χ4n) is 1.25. The third kappa shape index (κ3) is 3.28. The third-order valence-electron chi connectivity index (χ3n) is 1.91. The number of unbranched alkanes of at least 4 members (excludes halogenated alkanes) is 1. The third-order valence-corrected chi connectivity index (χ3v) is 1.91. The van der Waals surface area contributed by atoms with Gasteiger partial charge in [-0.25, -0.2) is 0 Å². The molecule has 0 heterocycles. The lowest BCUT2D eigenvalue weighted by molar-refractivity contribution is 0.715. The molecule has 1 rings (SSSR count). The van der Waals surface area contributed by atoms with Crippen LogP contribution in [0.25, 0.3) is 0 Å². The van der Waals surface area contributed by atoms with Crippen LogP contribution >= 0.6 is 0 Å². The van der Waals surface area contributed by atoms with E-state index in [9.17, 15) is 0 Å². The molecule has 0 aromatic heterocycles. The molecule has 1 aliphatic rings. The maximum absolute atomic E-state index is 3.23. The second-order valence-corrected chi connectivity index (χ2v) is 3.03. The van der Waals surface area contributed by atoms with Crippen LogP contribution in [0.15, 0.2) is 11.6 Å². The molecule has 0 radical (unpaired) electrons. The Bertz CT molecular complexity index is 188. The Morgan fingerprint density at radius 2 is 2.36 bits per heavy atom. The molecule has 0 heteroatoms. The summed E-state index contributed by atoms with van der Waals surface area (Å²) in [5.74, 6) is 6.42. The highest BCUT2D eigenvalue weighted by molar-refractivity contribution is 5.29. The van der Waals surface area contributed by atoms with Gasteiger partial charge in [0, 0.05) is 6.42 Å². The molecular formula is C11H16. The highest BCUT2D eigenvalue weighted by atomic mass is 14.0. The summed E-state index contributed by atoms with van der Waals surface area (Å²) in [5.41, 5.74) is 1.38. The monoisotopic (exact) mass is 148 g/mol. The van der Waals surface area contributed by atoms with Gasteiger partial charge in [-0.2, -0.15) is 0 Å². The molecule has 0 saturated heterocycles. The number of allylic oxidation sites excluding steroid dienone is 2. The molecule has 0 aromatic rings. The van der Waals surface area contributed by atoms with E-state index < -0.39 is 0 Å². The lowest BCUT2D eigenvalue weighted by Gasteiger charge is -2.05. The number of hydrogen-bond donors (Lipinski definition) is 0. The zero-order chi connectivity index (χ0) is 7.94. The first-order chi connectivity index (χ1) is 5.43. The molecule has 0 aromatic carbocycles. The van der Waals surface area contributed by atoms with E-state index in [0.717, 1.165) is 6.42 Å². The Morgan fingerprint density at radius 1 is 1.45 bits per heavy atom. The Hall–Kier alpha value is -0.700. The van der Waals surface area contributed by atoms with Crippen molar-refractivity contribution in [1.82, 2.24) is 0 Å². The maximum atomic E-state index is 3.23. The molecule has 0 spiro atoms. The van der Waals surface area contributed by atoms with Gasteiger partial charge in [0.1, 0.15) is 0 Å². The van der Waals surface area contributed by atoms with E-state index in [0.29, 0.717) is 0 Å². The summed E-state index contributed by atoms with van der Waals surface area (Å²) < 4.78 is 0. The SMILES string of the molecule is CCCC#CC1=CCCCC1. The second-order valence-electron chi connectivity index (χ2n) is 3.03. The van der Waals surface area contributed by atoms with Gasteiger partial charge in [0.25, 0.3) is 0 Å². The van der Waals surface area contributed by atoms with Crippen LogP contribution < -0.4 is 0 Å². The number of hydrogen-bond acceptors (Lipinski definition) is 0. The largest absolute Gasteiger partial charge is 0.0983 e. The minimum Gasteiger partial charge on any atom is -0.0983 e. The molecule has 11 heavy (non-hydrogen) atoms. The highest BCUT2D eigenvalue weighted by Gasteiger charge is 1.98. The van der Waals surface area contributed by atoms with Crippen LogP contribution in [0.1, 0.15) is 45.4 Å². The minimum absolute atomic E-state index is 1.05. The number of rotatable bonds is 1. The van der Waals surface area contributed by atoms with Gasteiger partial charge in [0.2, 0.25) is 0 Å². The van der Waals surface area contributed by atoms with E-state index in [2.05, 4.69) is 24.8 Å². The Morgan fingerprint density at radius 3 is 3.00 bits per heavy atom. The van der Waals surface area contributed by atoms with Crippen molar-refractivity contribution < 1.29 is 0 Å². The maximum Gasteiger partial charge on any atom is 0.00897 e. The van der Waals surface area contributed by atoms with Crippen LogP contribution in [-0.4, -0.2) is 0 Å². The average Bonchev–Trinajstić information content (AvgIpc) is 2.07. The van der Waals surface area contributed by atoms with Crippen molar-refractivity contribution in [2.75, 3.05) is 0 Å². The molecule has 0 bridgehead atoms. The first-order valence-corrected chi connectivity index (χ1v) is 4.61. The molecule has 0 saturated carbocycles. The van der Waals surface area contributed by atoms with Gasteiger partial charge in [0.15, 0.2) is 0 Å². The molecule has 0 fully saturated rings. The molecular weight excluding hydrogens is 132 g/mol. The topological polar surface area (TPSA) is 0 Å². The first-order valence-electron chi connectivity index (χ1n) is 4.61. The average molecular weight is 148 g/mol. The van der Waals surface area contributed by atoms with Crippen molar-refractivity contribution in [2.24, 2.45) is 0 Å². The summed E-state index contributed by atoms with van der Waals surface area (Å²) in [4.78, 5) is 0. The molecule has 60 valence electrons. The van der Waals surface area contributed by atoms with Crippen molar-refractivity contribution in [3.05, 3.63) is 11.6 Å². The van der Waals surface area contributed by atoms with Crippen LogP contribution in [0.5, 0.6) is 0 Å². The zero-order valence-electron chi connectivity index (χ0n) is 7.32. The van der Waals surface area contributed by atoms with E-state index in [-0.39, 0.29) is 0 Å². The van der Waals surface area contributed by atoms with E-state index >= 15 is 0 Å². The van der Waals surface area contributed by atoms with Crippen LogP contribution in [0.2, 0.25) is 0 Å². The molecule has 0 N–H and O–H groups in total. The molecule has 1 aliphatic carbocycles. The zero-order valence-corrected chi connectivity index (χ0v) is 7.32. The summed E-state index contributed by atoms with van der Waals surface area (Å²) in [6.45, 7) is 2.17. The molecule has 0 atom stereocenters. The summed E-state index contributed by atoms with van der Waals surface area (Å²) in [7, 11) is 0. The molecule has 0 unspecified atom stereocenters. The molecule has 0 nitrogen and oxygen atoms in total. The molecule has 0 aliphatic heterocycles. The van der Waals surface area contributed by atoms with Crippen molar-refractivity contribution >= 4 is 0 Å². The Balaban J connectivity index is 2.36. The molecule has 0 amide bonds. The normalized spacial score (nSPS) is 16.6. The lowest BCUT2D eigenvalue weighted by atomic mass is 10.00. The second kappa shape index (κ2) is 5.02. The van der Waals surface area contributed by atoms with Gasteiger partial charge in [-0.1, -0.05) is 24.8 Å². The van der Waals surface area contributed by atoms with Gasteiger partial charge in [-0.15, -0.1) is 0 Å². The fraction of sp³-hybridized carbons (Fsp3) is 0.636. The smallest absolute Gasteiger partial charge is 0.00897 e. The minimum atomic E-state index is 1.05. The summed E-state index contributed by atoms with van der Waals surface area (Å²) in [5, 5.41) is 0. The van der Waals surface area contributed by atoms with Gasteiger partial charge in [-0.05, 0) is 37.7 Å². The van der Waals surface area contributed by atoms with Crippen molar-refractivity contribution in [3.8, 4) is 11.8 Å². The van der Waals surface area contributed by atoms with Crippen LogP contribution in [0.4, 0.5) is 0 Å². The fourth-order valence-corrected chi connectivity index (χ4v) is 1.25. The van der Waals surface area contributed by atoms with Crippen LogP contribution in [0.3, 0.4) is 0 Å². The summed E-state index contributed by atoms with van der Waals surface area (Å²) in [6.07, 6.45) is 9.70. The Labute approximate surface area is 69.7 Å². The summed E-state index contributed by atoms with van der Waals surface area (Å²) >= 11 is 0. The van der Waals surface area contributed by atoms with E-state index in [1.165, 1.54) is 37.7 Å². The lowest BCUT2D eigenvalue weighted by Crippen LogP contribution is -1.88. The predicted molar refractivity (Wildman–Crippen MR) is 49.2 cm³/mol. The quantitative estimate of drug-likeness (QED) is 0.500.